The third kappa shape index (κ3) is 5.12. The highest BCUT2D eigenvalue weighted by Crippen LogP contribution is 2.45. The first-order chi connectivity index (χ1) is 14.9. The Balaban J connectivity index is 1.91. The molecule has 0 saturated carbocycles. The fraction of sp³-hybridized carbons (Fsp3) is 0.462. The van der Waals surface area contributed by atoms with Crippen LogP contribution in [0.25, 0.3) is 0 Å². The van der Waals surface area contributed by atoms with Crippen LogP contribution in [0.15, 0.2) is 52.2 Å². The Bertz CT molecular complexity index is 1030. The van der Waals surface area contributed by atoms with Gasteiger partial charge in [0, 0.05) is 29.4 Å². The number of aryl methyl sites for hydroxylation is 2. The maximum absolute atomic E-state index is 13.2. The minimum atomic E-state index is -0.745. The molecule has 0 fully saturated rings. The predicted molar refractivity (Wildman–Crippen MR) is 131 cm³/mol. The standard InChI is InChI=1S/C26H34N2O3S/c1-16(2)26(10-9-18-8-7-11-28-15-18)14-21(29)23(24(30)31-26)32-22-12-17(3)20(27)13-19(22)25(4,5)6/h7-8,11-13,15-16,29H,9-10,14,27H2,1-6H3. The number of cyclic esters (lactones) is 1. The lowest BCUT2D eigenvalue weighted by molar-refractivity contribution is -0.164. The highest BCUT2D eigenvalue weighted by molar-refractivity contribution is 8.04. The topological polar surface area (TPSA) is 85.4 Å². The molecule has 32 heavy (non-hydrogen) atoms. The largest absolute Gasteiger partial charge is 0.511 e. The number of aliphatic hydroxyl groups excluding tert-OH is 1. The number of hydrogen-bond acceptors (Lipinski definition) is 6. The second-order valence-corrected chi connectivity index (χ2v) is 11.0. The number of nitrogens with zero attached hydrogens (tertiary/aromatic N) is 1. The molecule has 0 amide bonds. The molecule has 1 atom stereocenters. The van der Waals surface area contributed by atoms with Crippen molar-refractivity contribution in [1.29, 1.82) is 0 Å². The number of esters is 1. The van der Waals surface area contributed by atoms with E-state index in [1.807, 2.05) is 51.2 Å². The zero-order valence-electron chi connectivity index (χ0n) is 19.9. The summed E-state index contributed by atoms with van der Waals surface area (Å²) in [5.74, 6) is -0.311. The van der Waals surface area contributed by atoms with E-state index in [1.54, 1.807) is 6.20 Å². The Kier molecular flexibility index (Phi) is 6.94. The van der Waals surface area contributed by atoms with Gasteiger partial charge in [-0.25, -0.2) is 4.79 Å². The highest BCUT2D eigenvalue weighted by Gasteiger charge is 2.44. The number of carbonyl (C=O) groups excluding carboxylic acids is 1. The van der Waals surface area contributed by atoms with Crippen molar-refractivity contribution < 1.29 is 14.6 Å². The van der Waals surface area contributed by atoms with Crippen LogP contribution in [-0.2, 0) is 21.4 Å². The number of aliphatic hydroxyl groups is 1. The zero-order chi connectivity index (χ0) is 23.7. The Morgan fingerprint density at radius 2 is 2.03 bits per heavy atom. The highest BCUT2D eigenvalue weighted by atomic mass is 32.2. The van der Waals surface area contributed by atoms with Crippen LogP contribution in [0, 0.1) is 12.8 Å². The summed E-state index contributed by atoms with van der Waals surface area (Å²) in [4.78, 5) is 18.5. The van der Waals surface area contributed by atoms with Crippen molar-refractivity contribution in [3.05, 3.63) is 64.0 Å². The molecule has 0 radical (unpaired) electrons. The van der Waals surface area contributed by atoms with Gasteiger partial charge in [-0.3, -0.25) is 4.98 Å². The summed E-state index contributed by atoms with van der Waals surface area (Å²) in [5, 5.41) is 11.0. The lowest BCUT2D eigenvalue weighted by Crippen LogP contribution is -2.44. The number of pyridine rings is 1. The second kappa shape index (κ2) is 9.18. The summed E-state index contributed by atoms with van der Waals surface area (Å²) in [5.41, 5.74) is 9.03. The SMILES string of the molecule is Cc1cc(SC2=C(O)CC(CCc3cccnc3)(C(C)C)OC2=O)c(C(C)(C)C)cc1N. The second-order valence-electron chi connectivity index (χ2n) is 9.98. The van der Waals surface area contributed by atoms with Gasteiger partial charge in [-0.05, 0) is 66.0 Å². The number of nitrogen functional groups attached to an aromatic ring is 1. The van der Waals surface area contributed by atoms with Gasteiger partial charge in [-0.1, -0.05) is 52.4 Å². The van der Waals surface area contributed by atoms with Gasteiger partial charge in [-0.15, -0.1) is 0 Å². The minimum Gasteiger partial charge on any atom is -0.511 e. The number of nitrogens with two attached hydrogens (primary N) is 1. The van der Waals surface area contributed by atoms with Crippen LogP contribution < -0.4 is 5.73 Å². The van der Waals surface area contributed by atoms with Crippen molar-refractivity contribution >= 4 is 23.4 Å². The molecule has 1 aromatic heterocycles. The van der Waals surface area contributed by atoms with Crippen molar-refractivity contribution in [2.45, 2.75) is 76.7 Å². The van der Waals surface area contributed by atoms with Gasteiger partial charge in [-0.2, -0.15) is 0 Å². The first kappa shape index (κ1) is 24.2. The van der Waals surface area contributed by atoms with Crippen LogP contribution in [0.1, 0.15) is 64.2 Å². The minimum absolute atomic E-state index is 0.0562. The summed E-state index contributed by atoms with van der Waals surface area (Å²) < 4.78 is 6.07. The molecule has 5 nitrogen and oxygen atoms in total. The predicted octanol–water partition coefficient (Wildman–Crippen LogP) is 6.11. The van der Waals surface area contributed by atoms with Gasteiger partial charge < -0.3 is 15.6 Å². The van der Waals surface area contributed by atoms with E-state index in [-0.39, 0.29) is 22.0 Å². The number of ether oxygens (including phenoxy) is 1. The van der Waals surface area contributed by atoms with Crippen LogP contribution in [0.2, 0.25) is 0 Å². The van der Waals surface area contributed by atoms with E-state index >= 15 is 0 Å². The molecule has 6 heteroatoms. The molecular formula is C26H34N2O3S. The number of thioether (sulfide) groups is 1. The van der Waals surface area contributed by atoms with Gasteiger partial charge in [0.2, 0.25) is 0 Å². The molecule has 2 aromatic rings. The summed E-state index contributed by atoms with van der Waals surface area (Å²) in [7, 11) is 0. The van der Waals surface area contributed by atoms with Crippen LogP contribution >= 0.6 is 11.8 Å². The van der Waals surface area contributed by atoms with E-state index in [1.165, 1.54) is 11.8 Å². The van der Waals surface area contributed by atoms with Gasteiger partial charge >= 0.3 is 5.97 Å². The molecule has 172 valence electrons. The lowest BCUT2D eigenvalue weighted by atomic mass is 9.80. The molecule has 0 spiro atoms. The third-order valence-corrected chi connectivity index (χ3v) is 7.37. The van der Waals surface area contributed by atoms with Crippen molar-refractivity contribution in [3.8, 4) is 0 Å². The van der Waals surface area contributed by atoms with E-state index in [4.69, 9.17) is 10.5 Å². The average molecular weight is 455 g/mol. The molecule has 0 aliphatic carbocycles. The molecule has 0 bridgehead atoms. The smallest absolute Gasteiger partial charge is 0.349 e. The molecule has 2 heterocycles. The van der Waals surface area contributed by atoms with E-state index < -0.39 is 11.6 Å². The van der Waals surface area contributed by atoms with Crippen LogP contribution in [0.5, 0.6) is 0 Å². The van der Waals surface area contributed by atoms with Crippen molar-refractivity contribution in [3.63, 3.8) is 0 Å². The van der Waals surface area contributed by atoms with Gasteiger partial charge in [0.15, 0.2) is 0 Å². The number of aromatic nitrogens is 1. The Morgan fingerprint density at radius 1 is 1.31 bits per heavy atom. The molecule has 1 aliphatic rings. The Morgan fingerprint density at radius 3 is 2.59 bits per heavy atom. The number of hydrogen-bond donors (Lipinski definition) is 2. The van der Waals surface area contributed by atoms with E-state index in [0.717, 1.165) is 33.7 Å². The summed E-state index contributed by atoms with van der Waals surface area (Å²) in [6.45, 7) is 12.3. The van der Waals surface area contributed by atoms with Crippen LogP contribution in [0.3, 0.4) is 0 Å². The monoisotopic (exact) mass is 454 g/mol. The van der Waals surface area contributed by atoms with Crippen LogP contribution in [-0.4, -0.2) is 21.7 Å². The quantitative estimate of drug-likeness (QED) is 0.405. The summed E-state index contributed by atoms with van der Waals surface area (Å²) in [6.07, 6.45) is 5.22. The van der Waals surface area contributed by atoms with Crippen molar-refractivity contribution in [2.75, 3.05) is 5.73 Å². The normalized spacial score (nSPS) is 19.4. The maximum atomic E-state index is 13.2. The van der Waals surface area contributed by atoms with Gasteiger partial charge in [0.25, 0.3) is 0 Å². The third-order valence-electron chi connectivity index (χ3n) is 6.21. The number of anilines is 1. The van der Waals surface area contributed by atoms with Crippen molar-refractivity contribution in [2.24, 2.45) is 5.92 Å². The molecule has 3 N–H and O–H groups in total. The Labute approximate surface area is 195 Å². The summed E-state index contributed by atoms with van der Waals surface area (Å²) in [6, 6.07) is 7.87. The lowest BCUT2D eigenvalue weighted by Gasteiger charge is -2.40. The molecular weight excluding hydrogens is 420 g/mol. The molecule has 1 unspecified atom stereocenters. The van der Waals surface area contributed by atoms with Gasteiger partial charge in [0.05, 0.1) is 0 Å². The van der Waals surface area contributed by atoms with Crippen LogP contribution in [0.4, 0.5) is 5.69 Å². The Hall–Kier alpha value is -2.47. The first-order valence-electron chi connectivity index (χ1n) is 11.1. The van der Waals surface area contributed by atoms with E-state index in [0.29, 0.717) is 12.8 Å². The number of benzene rings is 1. The first-order valence-corrected chi connectivity index (χ1v) is 11.9. The van der Waals surface area contributed by atoms with E-state index in [2.05, 4.69) is 25.8 Å². The van der Waals surface area contributed by atoms with Crippen molar-refractivity contribution in [1.82, 2.24) is 4.98 Å². The number of carbonyl (C=O) groups is 1. The molecule has 1 aliphatic heterocycles. The molecule has 1 aromatic carbocycles. The maximum Gasteiger partial charge on any atom is 0.349 e. The average Bonchev–Trinajstić information content (AvgIpc) is 2.71. The summed E-state index contributed by atoms with van der Waals surface area (Å²) >= 11 is 1.27. The fourth-order valence-electron chi connectivity index (χ4n) is 3.98. The number of rotatable bonds is 6. The fourth-order valence-corrected chi connectivity index (χ4v) is 5.23. The van der Waals surface area contributed by atoms with Gasteiger partial charge in [0.1, 0.15) is 16.3 Å². The molecule has 3 rings (SSSR count). The zero-order valence-corrected chi connectivity index (χ0v) is 20.7. The molecule has 0 saturated heterocycles. The van der Waals surface area contributed by atoms with E-state index in [9.17, 15) is 9.90 Å².